The predicted molar refractivity (Wildman–Crippen MR) is 64.7 cm³/mol. The zero-order valence-electron chi connectivity index (χ0n) is 8.68. The lowest BCUT2D eigenvalue weighted by atomic mass is 10.2. The molecule has 0 aliphatic rings. The Morgan fingerprint density at radius 1 is 0.938 bits per heavy atom. The Balaban J connectivity index is 1.94. The van der Waals surface area contributed by atoms with Crippen molar-refractivity contribution in [2.45, 2.75) is 0 Å². The molecule has 0 aliphatic heterocycles. The second-order valence-electron chi connectivity index (χ2n) is 3.32. The summed E-state index contributed by atoms with van der Waals surface area (Å²) in [6.07, 6.45) is 10.2. The minimum Gasteiger partial charge on any atom is -0.362 e. The fourth-order valence-electron chi connectivity index (χ4n) is 1.30. The number of rotatable bonds is 4. The maximum absolute atomic E-state index is 11.4. The van der Waals surface area contributed by atoms with E-state index in [9.17, 15) is 4.79 Å². The Kier molecular flexibility index (Phi) is 3.18. The van der Waals surface area contributed by atoms with Gasteiger partial charge in [0, 0.05) is 23.8 Å². The van der Waals surface area contributed by atoms with Gasteiger partial charge in [-0.1, -0.05) is 0 Å². The van der Waals surface area contributed by atoms with Crippen molar-refractivity contribution in [1.29, 1.82) is 0 Å². The normalized spacial score (nSPS) is 11.5. The highest BCUT2D eigenvalue weighted by Gasteiger charge is 1.91. The van der Waals surface area contributed by atoms with E-state index in [2.05, 4.69) is 9.97 Å². The topological polar surface area (TPSA) is 48.6 Å². The summed E-state index contributed by atoms with van der Waals surface area (Å²) in [7, 11) is 0. The van der Waals surface area contributed by atoms with E-state index in [1.54, 1.807) is 12.2 Å². The third-order valence-corrected chi connectivity index (χ3v) is 2.10. The maximum atomic E-state index is 11.4. The maximum Gasteiger partial charge on any atom is 0.178 e. The van der Waals surface area contributed by atoms with E-state index >= 15 is 0 Å². The first-order chi connectivity index (χ1) is 7.84. The van der Waals surface area contributed by atoms with Crippen LogP contribution in [0.3, 0.4) is 0 Å². The van der Waals surface area contributed by atoms with Gasteiger partial charge in [-0.3, -0.25) is 4.79 Å². The molecule has 2 heterocycles. The molecule has 2 N–H and O–H groups in total. The number of allylic oxidation sites excluding steroid dienone is 2. The van der Waals surface area contributed by atoms with E-state index < -0.39 is 0 Å². The Morgan fingerprint density at radius 2 is 1.44 bits per heavy atom. The van der Waals surface area contributed by atoms with Crippen molar-refractivity contribution >= 4 is 17.9 Å². The van der Waals surface area contributed by atoms with E-state index in [1.807, 2.05) is 36.7 Å². The number of H-pyrrole nitrogens is 2. The van der Waals surface area contributed by atoms with Crippen LogP contribution in [0, 0.1) is 0 Å². The highest BCUT2D eigenvalue weighted by molar-refractivity contribution is 6.04. The molecule has 0 saturated carbocycles. The molecule has 2 aromatic heterocycles. The Hall–Kier alpha value is -2.29. The highest BCUT2D eigenvalue weighted by atomic mass is 16.1. The molecular weight excluding hydrogens is 200 g/mol. The molecule has 0 atom stereocenters. The van der Waals surface area contributed by atoms with Crippen molar-refractivity contribution < 1.29 is 4.79 Å². The molecule has 3 nitrogen and oxygen atoms in total. The summed E-state index contributed by atoms with van der Waals surface area (Å²) in [5.74, 6) is -0.0378. The third-order valence-electron chi connectivity index (χ3n) is 2.10. The van der Waals surface area contributed by atoms with Crippen LogP contribution in [0.15, 0.2) is 48.8 Å². The zero-order valence-corrected chi connectivity index (χ0v) is 8.68. The van der Waals surface area contributed by atoms with Crippen LogP contribution in [-0.2, 0) is 4.79 Å². The summed E-state index contributed by atoms with van der Waals surface area (Å²) in [4.78, 5) is 17.4. The molecule has 0 fully saturated rings. The number of aromatic nitrogens is 2. The Labute approximate surface area is 93.5 Å². The van der Waals surface area contributed by atoms with Crippen LogP contribution in [0.25, 0.3) is 12.2 Å². The van der Waals surface area contributed by atoms with Crippen molar-refractivity contribution in [3.05, 3.63) is 60.2 Å². The van der Waals surface area contributed by atoms with Gasteiger partial charge < -0.3 is 9.97 Å². The number of carbonyl (C=O) groups is 1. The summed E-state index contributed by atoms with van der Waals surface area (Å²) in [6.45, 7) is 0. The van der Waals surface area contributed by atoms with Gasteiger partial charge in [0.1, 0.15) is 0 Å². The van der Waals surface area contributed by atoms with Crippen LogP contribution in [-0.4, -0.2) is 15.8 Å². The Bertz CT molecular complexity index is 444. The molecule has 3 heteroatoms. The quantitative estimate of drug-likeness (QED) is 0.752. The monoisotopic (exact) mass is 212 g/mol. The van der Waals surface area contributed by atoms with Gasteiger partial charge in [0.25, 0.3) is 0 Å². The molecule has 0 unspecified atom stereocenters. The SMILES string of the molecule is O=C(C=Cc1ccc[nH]1)C=Cc1ccc[nH]1. The summed E-state index contributed by atoms with van der Waals surface area (Å²) < 4.78 is 0. The van der Waals surface area contributed by atoms with Gasteiger partial charge in [0.05, 0.1) is 0 Å². The van der Waals surface area contributed by atoms with Crippen LogP contribution in [0.5, 0.6) is 0 Å². The summed E-state index contributed by atoms with van der Waals surface area (Å²) in [6, 6.07) is 7.58. The molecule has 80 valence electrons. The van der Waals surface area contributed by atoms with Gasteiger partial charge in [-0.25, -0.2) is 0 Å². The molecule has 0 bridgehead atoms. The minimum atomic E-state index is -0.0378. The van der Waals surface area contributed by atoms with E-state index in [0.29, 0.717) is 0 Å². The molecule has 0 saturated heterocycles. The van der Waals surface area contributed by atoms with E-state index in [0.717, 1.165) is 11.4 Å². The lowest BCUT2D eigenvalue weighted by molar-refractivity contribution is -0.110. The van der Waals surface area contributed by atoms with Crippen LogP contribution < -0.4 is 0 Å². The summed E-state index contributed by atoms with van der Waals surface area (Å²) in [5.41, 5.74) is 1.84. The predicted octanol–water partition coefficient (Wildman–Crippen LogP) is 2.64. The van der Waals surface area contributed by atoms with Crippen LogP contribution in [0.1, 0.15) is 11.4 Å². The molecule has 0 radical (unpaired) electrons. The largest absolute Gasteiger partial charge is 0.362 e. The third kappa shape index (κ3) is 2.85. The van der Waals surface area contributed by atoms with Crippen molar-refractivity contribution in [2.24, 2.45) is 0 Å². The lowest BCUT2D eigenvalue weighted by Crippen LogP contribution is -1.84. The fourth-order valence-corrected chi connectivity index (χ4v) is 1.30. The van der Waals surface area contributed by atoms with Crippen molar-refractivity contribution in [1.82, 2.24) is 9.97 Å². The number of carbonyl (C=O) groups excluding carboxylic acids is 1. The fraction of sp³-hybridized carbons (Fsp3) is 0. The smallest absolute Gasteiger partial charge is 0.178 e. The number of aromatic amines is 2. The number of nitrogens with one attached hydrogen (secondary N) is 2. The van der Waals surface area contributed by atoms with Gasteiger partial charge in [-0.05, 0) is 48.6 Å². The summed E-state index contributed by atoms with van der Waals surface area (Å²) in [5, 5.41) is 0. The standard InChI is InChI=1S/C13H12N2O/c16-13(7-5-11-3-1-9-14-11)8-6-12-4-2-10-15-12/h1-10,14-15H. The highest BCUT2D eigenvalue weighted by Crippen LogP contribution is 2.00. The first-order valence-corrected chi connectivity index (χ1v) is 5.01. The average Bonchev–Trinajstić information content (AvgIpc) is 2.96. The van der Waals surface area contributed by atoms with Gasteiger partial charge >= 0.3 is 0 Å². The van der Waals surface area contributed by atoms with E-state index in [-0.39, 0.29) is 5.78 Å². The van der Waals surface area contributed by atoms with E-state index in [4.69, 9.17) is 0 Å². The molecule has 0 spiro atoms. The van der Waals surface area contributed by atoms with Crippen LogP contribution in [0.4, 0.5) is 0 Å². The minimum absolute atomic E-state index is 0.0378. The van der Waals surface area contributed by atoms with Crippen LogP contribution in [0.2, 0.25) is 0 Å². The molecule has 16 heavy (non-hydrogen) atoms. The van der Waals surface area contributed by atoms with Gasteiger partial charge in [-0.15, -0.1) is 0 Å². The summed E-state index contributed by atoms with van der Waals surface area (Å²) >= 11 is 0. The zero-order chi connectivity index (χ0) is 11.2. The molecule has 2 aromatic rings. The van der Waals surface area contributed by atoms with Crippen molar-refractivity contribution in [2.75, 3.05) is 0 Å². The molecule has 2 rings (SSSR count). The van der Waals surface area contributed by atoms with Crippen molar-refractivity contribution in [3.63, 3.8) is 0 Å². The van der Waals surface area contributed by atoms with Gasteiger partial charge in [-0.2, -0.15) is 0 Å². The molecule has 0 aliphatic carbocycles. The van der Waals surface area contributed by atoms with E-state index in [1.165, 1.54) is 12.2 Å². The molecule has 0 amide bonds. The number of ketones is 1. The molecular formula is C13H12N2O. The lowest BCUT2D eigenvalue weighted by Gasteiger charge is -1.85. The average molecular weight is 212 g/mol. The van der Waals surface area contributed by atoms with Gasteiger partial charge in [0.15, 0.2) is 5.78 Å². The first-order valence-electron chi connectivity index (χ1n) is 5.01. The van der Waals surface area contributed by atoms with Gasteiger partial charge in [0.2, 0.25) is 0 Å². The number of hydrogen-bond acceptors (Lipinski definition) is 1. The first kappa shape index (κ1) is 10.2. The molecule has 0 aromatic carbocycles. The van der Waals surface area contributed by atoms with Crippen molar-refractivity contribution in [3.8, 4) is 0 Å². The second kappa shape index (κ2) is 4.98. The van der Waals surface area contributed by atoms with Crippen LogP contribution >= 0.6 is 0 Å². The second-order valence-corrected chi connectivity index (χ2v) is 3.32. The number of hydrogen-bond donors (Lipinski definition) is 2. The Morgan fingerprint density at radius 3 is 1.81 bits per heavy atom.